The second-order valence-corrected chi connectivity index (χ2v) is 9.73. The molecule has 3 atom stereocenters. The molecule has 0 radical (unpaired) electrons. The minimum Gasteiger partial charge on any atom is -0.380 e. The fourth-order valence-electron chi connectivity index (χ4n) is 5.39. The summed E-state index contributed by atoms with van der Waals surface area (Å²) in [5.41, 5.74) is 4.12. The molecule has 5 rings (SSSR count). The third-order valence-corrected chi connectivity index (χ3v) is 7.27. The molecule has 0 heterocycles. The number of benzene rings is 4. The Hall–Kier alpha value is -3.95. The van der Waals surface area contributed by atoms with Crippen LogP contribution in [-0.4, -0.2) is 25.0 Å². The van der Waals surface area contributed by atoms with Gasteiger partial charge in [0.15, 0.2) is 5.78 Å². The van der Waals surface area contributed by atoms with Crippen molar-refractivity contribution in [2.75, 3.05) is 19.0 Å². The molecule has 1 aliphatic carbocycles. The molecule has 4 aromatic rings. The number of rotatable bonds is 6. The van der Waals surface area contributed by atoms with Crippen molar-refractivity contribution in [1.82, 2.24) is 0 Å². The van der Waals surface area contributed by atoms with Gasteiger partial charge in [0.2, 0.25) is 0 Å². The van der Waals surface area contributed by atoms with Crippen molar-refractivity contribution in [3.63, 3.8) is 0 Å². The molecule has 36 heavy (non-hydrogen) atoms. The first-order valence-corrected chi connectivity index (χ1v) is 12.4. The molecule has 3 nitrogen and oxygen atoms in total. The van der Waals surface area contributed by atoms with E-state index in [4.69, 9.17) is 0 Å². The van der Waals surface area contributed by atoms with E-state index in [2.05, 4.69) is 41.3 Å². The number of carbonyl (C=O) groups excluding carboxylic acids is 1. The van der Waals surface area contributed by atoms with Crippen molar-refractivity contribution in [2.24, 2.45) is 5.92 Å². The number of hydrogen-bond donors (Lipinski definition) is 1. The predicted octanol–water partition coefficient (Wildman–Crippen LogP) is 6.71. The molecular formula is C33H31NO2. The number of ketones is 1. The van der Waals surface area contributed by atoms with E-state index < -0.39 is 11.5 Å². The summed E-state index contributed by atoms with van der Waals surface area (Å²) in [5.74, 6) is -0.939. The first kappa shape index (κ1) is 23.8. The van der Waals surface area contributed by atoms with E-state index >= 15 is 0 Å². The maximum Gasteiger partial charge on any atom is 0.170 e. The fourth-order valence-corrected chi connectivity index (χ4v) is 5.39. The Morgan fingerprint density at radius 3 is 1.92 bits per heavy atom. The highest BCUT2D eigenvalue weighted by atomic mass is 16.3. The van der Waals surface area contributed by atoms with Crippen molar-refractivity contribution in [2.45, 2.75) is 17.9 Å². The molecule has 3 heteroatoms. The number of Topliss-reactive ketones (excluding diaryl/α,β-unsaturated/α-hetero) is 1. The molecule has 0 amide bonds. The molecule has 4 aromatic carbocycles. The average Bonchev–Trinajstić information content (AvgIpc) is 2.94. The van der Waals surface area contributed by atoms with Crippen molar-refractivity contribution < 1.29 is 9.90 Å². The highest BCUT2D eigenvalue weighted by molar-refractivity contribution is 6.00. The van der Waals surface area contributed by atoms with E-state index in [9.17, 15) is 9.90 Å². The van der Waals surface area contributed by atoms with Crippen LogP contribution in [0.4, 0.5) is 5.69 Å². The third-order valence-electron chi connectivity index (χ3n) is 7.27. The lowest BCUT2D eigenvalue weighted by molar-refractivity contribution is 0.0110. The van der Waals surface area contributed by atoms with Gasteiger partial charge in [-0.05, 0) is 46.9 Å². The Balaban J connectivity index is 1.72. The second kappa shape index (κ2) is 9.96. The van der Waals surface area contributed by atoms with Crippen LogP contribution in [0.5, 0.6) is 0 Å². The van der Waals surface area contributed by atoms with Gasteiger partial charge in [0.25, 0.3) is 0 Å². The highest BCUT2D eigenvalue weighted by Gasteiger charge is 2.49. The van der Waals surface area contributed by atoms with Gasteiger partial charge < -0.3 is 10.0 Å². The maximum atomic E-state index is 14.2. The van der Waals surface area contributed by atoms with E-state index in [1.165, 1.54) is 0 Å². The van der Waals surface area contributed by atoms with E-state index in [0.29, 0.717) is 12.0 Å². The summed E-state index contributed by atoms with van der Waals surface area (Å²) < 4.78 is 0. The zero-order chi connectivity index (χ0) is 25.1. The Morgan fingerprint density at radius 2 is 1.33 bits per heavy atom. The summed E-state index contributed by atoms with van der Waals surface area (Å²) in [6.07, 6.45) is 2.58. The number of carbonyl (C=O) groups is 1. The molecule has 180 valence electrons. The second-order valence-electron chi connectivity index (χ2n) is 9.73. The fraction of sp³-hybridized carbons (Fsp3) is 0.182. The van der Waals surface area contributed by atoms with Gasteiger partial charge in [0.05, 0.1) is 5.92 Å². The van der Waals surface area contributed by atoms with E-state index in [1.807, 2.05) is 99.0 Å². The Morgan fingerprint density at radius 1 is 0.778 bits per heavy atom. The lowest BCUT2D eigenvalue weighted by Crippen LogP contribution is -2.44. The normalized spacial score (nSPS) is 21.5. The van der Waals surface area contributed by atoms with Crippen LogP contribution >= 0.6 is 0 Å². The van der Waals surface area contributed by atoms with Crippen LogP contribution in [0, 0.1) is 5.92 Å². The lowest BCUT2D eigenvalue weighted by Gasteiger charge is -2.43. The number of hydrogen-bond acceptors (Lipinski definition) is 3. The van der Waals surface area contributed by atoms with Crippen LogP contribution < -0.4 is 4.90 Å². The van der Waals surface area contributed by atoms with Crippen molar-refractivity contribution in [3.05, 3.63) is 144 Å². The molecule has 0 aliphatic heterocycles. The Bertz CT molecular complexity index is 1350. The highest BCUT2D eigenvalue weighted by Crippen LogP contribution is 2.51. The smallest absolute Gasteiger partial charge is 0.170 e. The zero-order valence-corrected chi connectivity index (χ0v) is 20.7. The quantitative estimate of drug-likeness (QED) is 0.316. The minimum absolute atomic E-state index is 0.0491. The van der Waals surface area contributed by atoms with Gasteiger partial charge in [-0.2, -0.15) is 0 Å². The predicted molar refractivity (Wildman–Crippen MR) is 147 cm³/mol. The van der Waals surface area contributed by atoms with Gasteiger partial charge in [-0.1, -0.05) is 103 Å². The van der Waals surface area contributed by atoms with Gasteiger partial charge in [-0.25, -0.2) is 0 Å². The first-order chi connectivity index (χ1) is 17.5. The monoisotopic (exact) mass is 473 g/mol. The van der Waals surface area contributed by atoms with E-state index in [1.54, 1.807) is 0 Å². The first-order valence-electron chi connectivity index (χ1n) is 12.4. The molecule has 1 N–H and O–H groups in total. The molecule has 0 saturated carbocycles. The lowest BCUT2D eigenvalue weighted by atomic mass is 9.62. The van der Waals surface area contributed by atoms with E-state index in [0.717, 1.165) is 28.0 Å². The summed E-state index contributed by atoms with van der Waals surface area (Å²) in [5, 5.41) is 12.5. The molecule has 0 bridgehead atoms. The summed E-state index contributed by atoms with van der Waals surface area (Å²) in [6, 6.07) is 37.5. The molecule has 0 saturated heterocycles. The Labute approximate surface area is 213 Å². The summed E-state index contributed by atoms with van der Waals surface area (Å²) in [7, 11) is 4.03. The average molecular weight is 474 g/mol. The van der Waals surface area contributed by atoms with E-state index in [-0.39, 0.29) is 11.7 Å². The van der Waals surface area contributed by atoms with Crippen LogP contribution in [0.15, 0.2) is 121 Å². The third kappa shape index (κ3) is 4.50. The summed E-state index contributed by atoms with van der Waals surface area (Å²) in [4.78, 5) is 16.3. The van der Waals surface area contributed by atoms with Crippen molar-refractivity contribution in [1.29, 1.82) is 0 Å². The number of anilines is 1. The van der Waals surface area contributed by atoms with Gasteiger partial charge in [-0.15, -0.1) is 0 Å². The minimum atomic E-state index is -1.47. The van der Waals surface area contributed by atoms with Crippen LogP contribution in [0.2, 0.25) is 0 Å². The van der Waals surface area contributed by atoms with Crippen LogP contribution in [0.3, 0.4) is 0 Å². The standard InChI is InChI=1S/C33H31NO2/c1-34(2)29-20-18-25(19-21-29)30-22-27(24-12-6-3-7-13-24)23-33(36,28-16-10-5-11-17-28)31(30)32(35)26-14-8-4-9-15-26/h3-21,23,30-31,36H,22H2,1-2H3. The Kier molecular flexibility index (Phi) is 6.58. The zero-order valence-electron chi connectivity index (χ0n) is 20.7. The summed E-state index contributed by atoms with van der Waals surface area (Å²) >= 11 is 0. The topological polar surface area (TPSA) is 40.5 Å². The van der Waals surface area contributed by atoms with Crippen molar-refractivity contribution in [3.8, 4) is 0 Å². The number of nitrogens with zero attached hydrogens (tertiary/aromatic N) is 1. The van der Waals surface area contributed by atoms with Gasteiger partial charge in [0, 0.05) is 31.3 Å². The summed E-state index contributed by atoms with van der Waals surface area (Å²) in [6.45, 7) is 0. The molecule has 0 spiro atoms. The molecule has 1 aliphatic rings. The molecular weight excluding hydrogens is 442 g/mol. The van der Waals surface area contributed by atoms with Crippen LogP contribution in [0.25, 0.3) is 5.57 Å². The van der Waals surface area contributed by atoms with Gasteiger partial charge in [-0.3, -0.25) is 4.79 Å². The van der Waals surface area contributed by atoms with Gasteiger partial charge in [0.1, 0.15) is 5.60 Å². The van der Waals surface area contributed by atoms with Gasteiger partial charge >= 0.3 is 0 Å². The number of aliphatic hydroxyl groups is 1. The van der Waals surface area contributed by atoms with Crippen molar-refractivity contribution >= 4 is 17.0 Å². The molecule has 0 fully saturated rings. The maximum absolute atomic E-state index is 14.2. The molecule has 0 aromatic heterocycles. The number of allylic oxidation sites excluding steroid dienone is 1. The molecule has 3 unspecified atom stereocenters. The van der Waals surface area contributed by atoms with Crippen LogP contribution in [-0.2, 0) is 5.60 Å². The van der Waals surface area contributed by atoms with Crippen LogP contribution in [0.1, 0.15) is 39.4 Å². The SMILES string of the molecule is CN(C)c1ccc(C2CC(c3ccccc3)=CC(O)(c3ccccc3)C2C(=O)c2ccccc2)cc1. The largest absolute Gasteiger partial charge is 0.380 e.